The van der Waals surface area contributed by atoms with Crippen LogP contribution in [-0.4, -0.2) is 63.4 Å². The number of aliphatic carboxylic acids is 1. The molecule has 0 atom stereocenters. The van der Waals surface area contributed by atoms with Crippen LogP contribution in [0.3, 0.4) is 0 Å². The minimum absolute atomic E-state index is 0.240. The van der Waals surface area contributed by atoms with Crippen LogP contribution in [0.4, 0.5) is 0 Å². The molecular weight excluding hydrogens is 256 g/mol. The molecule has 0 aromatic carbocycles. The number of hydrogen-bond acceptors (Lipinski definition) is 4. The van der Waals surface area contributed by atoms with Crippen LogP contribution in [0.2, 0.25) is 0 Å². The maximum Gasteiger partial charge on any atom is 0.304 e. The number of carbonyl (C=O) groups is 1. The summed E-state index contributed by atoms with van der Waals surface area (Å²) < 4.78 is 2.00. The average Bonchev–Trinajstić information content (AvgIpc) is 2.86. The molecule has 2 heterocycles. The number of aryl methyl sites for hydroxylation is 1. The number of rotatable bonds is 7. The highest BCUT2D eigenvalue weighted by atomic mass is 16.4. The lowest BCUT2D eigenvalue weighted by molar-refractivity contribution is -0.137. The van der Waals surface area contributed by atoms with Gasteiger partial charge in [-0.15, -0.1) is 0 Å². The molecule has 6 nitrogen and oxygen atoms in total. The Labute approximate surface area is 120 Å². The summed E-state index contributed by atoms with van der Waals surface area (Å²) in [7, 11) is 0. The fourth-order valence-electron chi connectivity index (χ4n) is 2.52. The molecule has 0 bridgehead atoms. The number of piperazine rings is 1. The third-order valence-corrected chi connectivity index (χ3v) is 3.65. The first-order valence-electron chi connectivity index (χ1n) is 7.35. The largest absolute Gasteiger partial charge is 0.481 e. The lowest BCUT2D eigenvalue weighted by Gasteiger charge is -2.34. The van der Waals surface area contributed by atoms with Gasteiger partial charge in [-0.2, -0.15) is 5.10 Å². The SMILES string of the molecule is CCCn1cc(CN2CCN(CCC(=O)O)CC2)cn1. The van der Waals surface area contributed by atoms with Crippen molar-refractivity contribution in [3.63, 3.8) is 0 Å². The van der Waals surface area contributed by atoms with E-state index >= 15 is 0 Å². The molecule has 1 fully saturated rings. The smallest absolute Gasteiger partial charge is 0.304 e. The Kier molecular flexibility index (Phi) is 5.55. The Morgan fingerprint density at radius 2 is 1.95 bits per heavy atom. The summed E-state index contributed by atoms with van der Waals surface area (Å²) in [5.74, 6) is -0.712. The molecule has 1 aromatic heterocycles. The van der Waals surface area contributed by atoms with Crippen molar-refractivity contribution in [1.82, 2.24) is 19.6 Å². The summed E-state index contributed by atoms with van der Waals surface area (Å²) in [4.78, 5) is 15.2. The maximum atomic E-state index is 10.6. The Morgan fingerprint density at radius 1 is 1.25 bits per heavy atom. The molecule has 0 amide bonds. The van der Waals surface area contributed by atoms with E-state index in [4.69, 9.17) is 5.11 Å². The Bertz CT molecular complexity index is 425. The van der Waals surface area contributed by atoms with Gasteiger partial charge in [0.2, 0.25) is 0 Å². The van der Waals surface area contributed by atoms with E-state index in [1.165, 1.54) is 5.56 Å². The van der Waals surface area contributed by atoms with Crippen LogP contribution in [0.1, 0.15) is 25.3 Å². The van der Waals surface area contributed by atoms with Crippen LogP contribution in [-0.2, 0) is 17.9 Å². The van der Waals surface area contributed by atoms with E-state index in [-0.39, 0.29) is 6.42 Å². The van der Waals surface area contributed by atoms with Crippen molar-refractivity contribution >= 4 is 5.97 Å². The van der Waals surface area contributed by atoms with E-state index in [1.807, 2.05) is 10.9 Å². The van der Waals surface area contributed by atoms with Crippen molar-refractivity contribution in [2.24, 2.45) is 0 Å². The lowest BCUT2D eigenvalue weighted by Crippen LogP contribution is -2.46. The molecule has 1 aromatic rings. The molecule has 112 valence electrons. The highest BCUT2D eigenvalue weighted by Gasteiger charge is 2.17. The van der Waals surface area contributed by atoms with Gasteiger partial charge in [0, 0.05) is 57.6 Å². The molecule has 1 saturated heterocycles. The molecule has 1 N–H and O–H groups in total. The highest BCUT2D eigenvalue weighted by Crippen LogP contribution is 2.08. The normalized spacial score (nSPS) is 17.4. The van der Waals surface area contributed by atoms with Gasteiger partial charge >= 0.3 is 5.97 Å². The van der Waals surface area contributed by atoms with Crippen molar-refractivity contribution < 1.29 is 9.90 Å². The fraction of sp³-hybridized carbons (Fsp3) is 0.714. The van der Waals surface area contributed by atoms with Gasteiger partial charge < -0.3 is 10.0 Å². The first-order valence-corrected chi connectivity index (χ1v) is 7.35. The van der Waals surface area contributed by atoms with Gasteiger partial charge in [-0.1, -0.05) is 6.92 Å². The first kappa shape index (κ1) is 15.0. The first-order chi connectivity index (χ1) is 9.67. The van der Waals surface area contributed by atoms with Crippen LogP contribution in [0.5, 0.6) is 0 Å². The average molecular weight is 280 g/mol. The topological polar surface area (TPSA) is 61.6 Å². The summed E-state index contributed by atoms with van der Waals surface area (Å²) >= 11 is 0. The van der Waals surface area contributed by atoms with Gasteiger partial charge in [0.1, 0.15) is 0 Å². The fourth-order valence-corrected chi connectivity index (χ4v) is 2.52. The van der Waals surface area contributed by atoms with Crippen LogP contribution in [0.25, 0.3) is 0 Å². The highest BCUT2D eigenvalue weighted by molar-refractivity contribution is 5.66. The van der Waals surface area contributed by atoms with Gasteiger partial charge in [0.25, 0.3) is 0 Å². The quantitative estimate of drug-likeness (QED) is 0.803. The van der Waals surface area contributed by atoms with E-state index in [1.54, 1.807) is 0 Å². The van der Waals surface area contributed by atoms with E-state index in [2.05, 4.69) is 28.0 Å². The standard InChI is InChI=1S/C14H24N4O2/c1-2-4-18-12-13(10-15-18)11-17-8-6-16(7-9-17)5-3-14(19)20/h10,12H,2-9,11H2,1H3,(H,19,20). The number of aromatic nitrogens is 2. The zero-order chi connectivity index (χ0) is 14.4. The van der Waals surface area contributed by atoms with Crippen LogP contribution in [0, 0.1) is 0 Å². The van der Waals surface area contributed by atoms with Gasteiger partial charge in [-0.25, -0.2) is 0 Å². The summed E-state index contributed by atoms with van der Waals surface area (Å²) in [5, 5.41) is 13.0. The predicted octanol–water partition coefficient (Wildman–Crippen LogP) is 0.885. The monoisotopic (exact) mass is 280 g/mol. The third kappa shape index (κ3) is 4.61. The molecule has 0 unspecified atom stereocenters. The van der Waals surface area contributed by atoms with Gasteiger partial charge in [0.15, 0.2) is 0 Å². The van der Waals surface area contributed by atoms with E-state index in [0.717, 1.165) is 45.7 Å². The molecule has 1 aliphatic heterocycles. The Hall–Kier alpha value is -1.40. The number of carboxylic acid groups (broad SMARTS) is 1. The van der Waals surface area contributed by atoms with Crippen molar-refractivity contribution in [3.8, 4) is 0 Å². The van der Waals surface area contributed by atoms with Crippen molar-refractivity contribution in [2.45, 2.75) is 32.9 Å². The lowest BCUT2D eigenvalue weighted by atomic mass is 10.2. The second-order valence-electron chi connectivity index (χ2n) is 5.37. The minimum Gasteiger partial charge on any atom is -0.481 e. The second kappa shape index (κ2) is 7.40. The zero-order valence-electron chi connectivity index (χ0n) is 12.2. The number of carboxylic acids is 1. The summed E-state index contributed by atoms with van der Waals surface area (Å²) in [6, 6.07) is 0. The van der Waals surface area contributed by atoms with Crippen molar-refractivity contribution in [3.05, 3.63) is 18.0 Å². The molecule has 1 aliphatic rings. The molecule has 0 aliphatic carbocycles. The summed E-state index contributed by atoms with van der Waals surface area (Å²) in [6.07, 6.45) is 5.42. The number of hydrogen-bond donors (Lipinski definition) is 1. The third-order valence-electron chi connectivity index (χ3n) is 3.65. The molecule has 6 heteroatoms. The molecule has 2 rings (SSSR count). The molecular formula is C14H24N4O2. The minimum atomic E-state index is -0.712. The summed E-state index contributed by atoms with van der Waals surface area (Å²) in [6.45, 7) is 8.64. The zero-order valence-corrected chi connectivity index (χ0v) is 12.2. The molecule has 0 saturated carbocycles. The molecule has 20 heavy (non-hydrogen) atoms. The van der Waals surface area contributed by atoms with E-state index in [9.17, 15) is 4.79 Å². The van der Waals surface area contributed by atoms with Crippen molar-refractivity contribution in [1.29, 1.82) is 0 Å². The van der Waals surface area contributed by atoms with Crippen LogP contribution in [0.15, 0.2) is 12.4 Å². The Morgan fingerprint density at radius 3 is 2.60 bits per heavy atom. The molecule has 0 spiro atoms. The molecule has 0 radical (unpaired) electrons. The van der Waals surface area contributed by atoms with Crippen LogP contribution >= 0.6 is 0 Å². The van der Waals surface area contributed by atoms with Gasteiger partial charge in [-0.3, -0.25) is 14.4 Å². The van der Waals surface area contributed by atoms with Crippen molar-refractivity contribution in [2.75, 3.05) is 32.7 Å². The maximum absolute atomic E-state index is 10.6. The van der Waals surface area contributed by atoms with E-state index in [0.29, 0.717) is 6.54 Å². The van der Waals surface area contributed by atoms with Crippen LogP contribution < -0.4 is 0 Å². The summed E-state index contributed by atoms with van der Waals surface area (Å²) in [5.41, 5.74) is 1.26. The number of nitrogens with zero attached hydrogens (tertiary/aromatic N) is 4. The predicted molar refractivity (Wildman–Crippen MR) is 76.5 cm³/mol. The van der Waals surface area contributed by atoms with Gasteiger partial charge in [0.05, 0.1) is 12.6 Å². The van der Waals surface area contributed by atoms with E-state index < -0.39 is 5.97 Å². The van der Waals surface area contributed by atoms with Gasteiger partial charge in [-0.05, 0) is 6.42 Å². The second-order valence-corrected chi connectivity index (χ2v) is 5.37. The Balaban J connectivity index is 1.72.